The molecule has 108 valence electrons. The molecule has 2 aromatic rings. The predicted molar refractivity (Wildman–Crippen MR) is 89.5 cm³/mol. The standard InChI is InChI=1S/C18H18BrNO/c1-2-13-12-15(19)8-9-16(13)20-17(21)18(10-11-18)14-6-4-3-5-7-14/h3-9,12H,2,10-11H2,1H3,(H,20,21). The third kappa shape index (κ3) is 2.75. The topological polar surface area (TPSA) is 29.1 Å². The van der Waals surface area contributed by atoms with Gasteiger partial charge in [0.2, 0.25) is 5.91 Å². The van der Waals surface area contributed by atoms with Crippen LogP contribution in [-0.4, -0.2) is 5.91 Å². The molecule has 0 saturated heterocycles. The van der Waals surface area contributed by atoms with E-state index in [1.165, 1.54) is 0 Å². The fourth-order valence-electron chi connectivity index (χ4n) is 2.75. The van der Waals surface area contributed by atoms with E-state index in [1.807, 2.05) is 30.3 Å². The first-order chi connectivity index (χ1) is 10.2. The molecule has 0 atom stereocenters. The van der Waals surface area contributed by atoms with Crippen molar-refractivity contribution < 1.29 is 4.79 Å². The highest BCUT2D eigenvalue weighted by Crippen LogP contribution is 2.49. The first-order valence-corrected chi connectivity index (χ1v) is 8.10. The van der Waals surface area contributed by atoms with Crippen LogP contribution in [0.15, 0.2) is 53.0 Å². The first kappa shape index (κ1) is 14.3. The second kappa shape index (κ2) is 5.64. The van der Waals surface area contributed by atoms with Crippen molar-refractivity contribution in [3.05, 3.63) is 64.1 Å². The first-order valence-electron chi connectivity index (χ1n) is 7.31. The number of rotatable bonds is 4. The fraction of sp³-hybridized carbons (Fsp3) is 0.278. The minimum absolute atomic E-state index is 0.116. The minimum atomic E-state index is -0.320. The van der Waals surface area contributed by atoms with Crippen LogP contribution in [-0.2, 0) is 16.6 Å². The summed E-state index contributed by atoms with van der Waals surface area (Å²) in [5, 5.41) is 3.13. The van der Waals surface area contributed by atoms with Gasteiger partial charge >= 0.3 is 0 Å². The quantitative estimate of drug-likeness (QED) is 0.857. The van der Waals surface area contributed by atoms with Gasteiger partial charge in [0, 0.05) is 10.2 Å². The van der Waals surface area contributed by atoms with Crippen molar-refractivity contribution in [1.29, 1.82) is 0 Å². The molecule has 0 aromatic heterocycles. The van der Waals surface area contributed by atoms with E-state index in [1.54, 1.807) is 0 Å². The molecule has 0 heterocycles. The summed E-state index contributed by atoms with van der Waals surface area (Å²) in [7, 11) is 0. The number of hydrogen-bond donors (Lipinski definition) is 1. The summed E-state index contributed by atoms with van der Waals surface area (Å²) >= 11 is 3.48. The van der Waals surface area contributed by atoms with Gasteiger partial charge in [0.25, 0.3) is 0 Å². The summed E-state index contributed by atoms with van der Waals surface area (Å²) in [6, 6.07) is 16.1. The Kier molecular flexibility index (Phi) is 3.85. The lowest BCUT2D eigenvalue weighted by molar-refractivity contribution is -0.118. The van der Waals surface area contributed by atoms with E-state index in [2.05, 4.69) is 46.4 Å². The number of nitrogens with one attached hydrogen (secondary N) is 1. The Morgan fingerprint density at radius 1 is 1.19 bits per heavy atom. The average Bonchev–Trinajstić information content (AvgIpc) is 3.31. The minimum Gasteiger partial charge on any atom is -0.325 e. The molecule has 3 rings (SSSR count). The maximum atomic E-state index is 12.7. The summed E-state index contributed by atoms with van der Waals surface area (Å²) in [6.07, 6.45) is 2.76. The normalized spacial score (nSPS) is 15.5. The molecule has 1 aliphatic rings. The Balaban J connectivity index is 1.84. The van der Waals surface area contributed by atoms with Crippen molar-refractivity contribution in [2.24, 2.45) is 0 Å². The van der Waals surface area contributed by atoms with Crippen LogP contribution in [0.5, 0.6) is 0 Å². The third-order valence-corrected chi connectivity index (χ3v) is 4.70. The zero-order chi connectivity index (χ0) is 14.9. The zero-order valence-corrected chi connectivity index (χ0v) is 13.6. The molecule has 1 fully saturated rings. The van der Waals surface area contributed by atoms with Crippen molar-refractivity contribution in [2.75, 3.05) is 5.32 Å². The van der Waals surface area contributed by atoms with Crippen molar-refractivity contribution >= 4 is 27.5 Å². The van der Waals surface area contributed by atoms with Gasteiger partial charge in [0.05, 0.1) is 5.41 Å². The van der Waals surface area contributed by atoms with E-state index in [9.17, 15) is 4.79 Å². The van der Waals surface area contributed by atoms with Crippen LogP contribution in [0.2, 0.25) is 0 Å². The number of amides is 1. The second-order valence-electron chi connectivity index (χ2n) is 5.56. The van der Waals surface area contributed by atoms with Crippen LogP contribution >= 0.6 is 15.9 Å². The molecular formula is C18H18BrNO. The predicted octanol–water partition coefficient (Wildman–Crippen LogP) is 4.68. The number of benzene rings is 2. The smallest absolute Gasteiger partial charge is 0.235 e. The van der Waals surface area contributed by atoms with Gasteiger partial charge in [-0.2, -0.15) is 0 Å². The van der Waals surface area contributed by atoms with E-state index in [-0.39, 0.29) is 11.3 Å². The van der Waals surface area contributed by atoms with E-state index in [0.717, 1.165) is 40.5 Å². The number of hydrogen-bond acceptors (Lipinski definition) is 1. The fourth-order valence-corrected chi connectivity index (χ4v) is 3.16. The SMILES string of the molecule is CCc1cc(Br)ccc1NC(=O)C1(c2ccccc2)CC1. The van der Waals surface area contributed by atoms with Crippen LogP contribution < -0.4 is 5.32 Å². The highest BCUT2D eigenvalue weighted by atomic mass is 79.9. The molecule has 0 spiro atoms. The summed E-state index contributed by atoms with van der Waals surface area (Å²) in [5.41, 5.74) is 2.88. The summed E-state index contributed by atoms with van der Waals surface area (Å²) < 4.78 is 1.04. The van der Waals surface area contributed by atoms with Crippen LogP contribution in [0.25, 0.3) is 0 Å². The number of anilines is 1. The third-order valence-electron chi connectivity index (χ3n) is 4.21. The number of aryl methyl sites for hydroxylation is 1. The highest BCUT2D eigenvalue weighted by Gasteiger charge is 2.51. The summed E-state index contributed by atoms with van der Waals surface area (Å²) in [5.74, 6) is 0.116. The molecule has 0 unspecified atom stereocenters. The maximum absolute atomic E-state index is 12.7. The number of carbonyl (C=O) groups is 1. The van der Waals surface area contributed by atoms with Gasteiger partial charge in [-0.1, -0.05) is 53.2 Å². The molecule has 2 aromatic carbocycles. The molecule has 1 aliphatic carbocycles. The molecule has 1 amide bonds. The number of carbonyl (C=O) groups excluding carboxylic acids is 1. The van der Waals surface area contributed by atoms with Gasteiger partial charge < -0.3 is 5.32 Å². The van der Waals surface area contributed by atoms with Gasteiger partial charge in [-0.3, -0.25) is 4.79 Å². The van der Waals surface area contributed by atoms with Crippen LogP contribution in [0, 0.1) is 0 Å². The molecule has 0 bridgehead atoms. The molecular weight excluding hydrogens is 326 g/mol. The van der Waals surface area contributed by atoms with Crippen molar-refractivity contribution in [3.63, 3.8) is 0 Å². The second-order valence-corrected chi connectivity index (χ2v) is 6.47. The monoisotopic (exact) mass is 343 g/mol. The van der Waals surface area contributed by atoms with E-state index in [4.69, 9.17) is 0 Å². The number of halogens is 1. The summed E-state index contributed by atoms with van der Waals surface area (Å²) in [4.78, 5) is 12.7. The van der Waals surface area contributed by atoms with E-state index in [0.29, 0.717) is 0 Å². The largest absolute Gasteiger partial charge is 0.325 e. The lowest BCUT2D eigenvalue weighted by Crippen LogP contribution is -2.28. The van der Waals surface area contributed by atoms with Gasteiger partial charge in [-0.25, -0.2) is 0 Å². The van der Waals surface area contributed by atoms with Crippen molar-refractivity contribution in [1.82, 2.24) is 0 Å². The maximum Gasteiger partial charge on any atom is 0.235 e. The lowest BCUT2D eigenvalue weighted by Gasteiger charge is -2.17. The highest BCUT2D eigenvalue weighted by molar-refractivity contribution is 9.10. The van der Waals surface area contributed by atoms with Crippen LogP contribution in [0.3, 0.4) is 0 Å². The van der Waals surface area contributed by atoms with Crippen LogP contribution in [0.1, 0.15) is 30.9 Å². The van der Waals surface area contributed by atoms with Crippen molar-refractivity contribution in [2.45, 2.75) is 31.6 Å². The van der Waals surface area contributed by atoms with Crippen LogP contribution in [0.4, 0.5) is 5.69 Å². The van der Waals surface area contributed by atoms with Gasteiger partial charge in [-0.15, -0.1) is 0 Å². The molecule has 0 radical (unpaired) electrons. The Labute approximate surface area is 133 Å². The lowest BCUT2D eigenvalue weighted by atomic mass is 9.94. The summed E-state index contributed by atoms with van der Waals surface area (Å²) in [6.45, 7) is 2.10. The van der Waals surface area contributed by atoms with Gasteiger partial charge in [0.15, 0.2) is 0 Å². The molecule has 1 N–H and O–H groups in total. The van der Waals surface area contributed by atoms with E-state index >= 15 is 0 Å². The van der Waals surface area contributed by atoms with Crippen molar-refractivity contribution in [3.8, 4) is 0 Å². The molecule has 1 saturated carbocycles. The Morgan fingerprint density at radius 3 is 2.52 bits per heavy atom. The Morgan fingerprint density at radius 2 is 1.90 bits per heavy atom. The molecule has 21 heavy (non-hydrogen) atoms. The molecule has 2 nitrogen and oxygen atoms in total. The van der Waals surface area contributed by atoms with Gasteiger partial charge in [-0.05, 0) is 48.6 Å². The Bertz CT molecular complexity index is 662. The zero-order valence-electron chi connectivity index (χ0n) is 12.0. The average molecular weight is 344 g/mol. The van der Waals surface area contributed by atoms with Gasteiger partial charge in [0.1, 0.15) is 0 Å². The Hall–Kier alpha value is -1.61. The molecule has 3 heteroatoms. The molecule has 0 aliphatic heterocycles. The van der Waals surface area contributed by atoms with E-state index < -0.39 is 0 Å².